The number of esters is 1. The number of anilines is 2. The maximum absolute atomic E-state index is 12.8. The van der Waals surface area contributed by atoms with Crippen molar-refractivity contribution >= 4 is 56.6 Å². The number of thiophene rings is 1. The number of nitrogens with zero attached hydrogens (tertiary/aromatic N) is 2. The van der Waals surface area contributed by atoms with Crippen LogP contribution in [0.3, 0.4) is 0 Å². The number of aromatic carboxylic acids is 1. The van der Waals surface area contributed by atoms with Crippen molar-refractivity contribution in [1.29, 1.82) is 0 Å². The smallest absolute Gasteiger partial charge is 0.348 e. The van der Waals surface area contributed by atoms with Crippen LogP contribution in [0, 0.1) is 6.92 Å². The Morgan fingerprint density at radius 3 is 2.66 bits per heavy atom. The minimum absolute atomic E-state index is 0.0384. The summed E-state index contributed by atoms with van der Waals surface area (Å²) in [5.74, 6) is -0.871. The molecule has 168 valence electrons. The molecule has 0 atom stereocenters. The minimum Gasteiger partial charge on any atom is -0.496 e. The van der Waals surface area contributed by atoms with E-state index in [4.69, 9.17) is 21.1 Å². The molecule has 0 unspecified atom stereocenters. The van der Waals surface area contributed by atoms with Gasteiger partial charge in [-0.2, -0.15) is 0 Å². The zero-order valence-electron chi connectivity index (χ0n) is 17.6. The summed E-state index contributed by atoms with van der Waals surface area (Å²) in [4.78, 5) is 34.0. The van der Waals surface area contributed by atoms with Crippen molar-refractivity contribution in [1.82, 2.24) is 9.97 Å². The van der Waals surface area contributed by atoms with Crippen molar-refractivity contribution in [2.24, 2.45) is 0 Å². The lowest BCUT2D eigenvalue weighted by molar-refractivity contribution is 0.0216. The lowest BCUT2D eigenvalue weighted by Gasteiger charge is -2.21. The second-order valence-corrected chi connectivity index (χ2v) is 8.99. The van der Waals surface area contributed by atoms with Crippen LogP contribution in [0.4, 0.5) is 11.5 Å². The summed E-state index contributed by atoms with van der Waals surface area (Å²) in [5.41, 5.74) is 1.10. The normalized spacial score (nSPS) is 14.3. The van der Waals surface area contributed by atoms with E-state index in [2.05, 4.69) is 15.3 Å². The molecule has 0 radical (unpaired) electrons. The molecule has 2 heterocycles. The molecule has 32 heavy (non-hydrogen) atoms. The number of carboxylic acids is 1. The highest BCUT2D eigenvalue weighted by Crippen LogP contribution is 2.38. The van der Waals surface area contributed by atoms with Gasteiger partial charge in [-0.3, -0.25) is 0 Å². The Balaban J connectivity index is 1.67. The molecule has 2 aromatic heterocycles. The average Bonchev–Trinajstić information content (AvgIpc) is 3.13. The molecule has 4 rings (SSSR count). The SMILES string of the molecule is COc1cc(Nc2ncnc3sc(C(=O)OC4CCCCC4)c(C)c23)c(Cl)cc1C(=O)O. The summed E-state index contributed by atoms with van der Waals surface area (Å²) in [7, 11) is 1.38. The minimum atomic E-state index is -1.14. The first-order valence-corrected chi connectivity index (χ1v) is 11.4. The van der Waals surface area contributed by atoms with Gasteiger partial charge in [0.2, 0.25) is 0 Å². The van der Waals surface area contributed by atoms with E-state index in [-0.39, 0.29) is 28.4 Å². The summed E-state index contributed by atoms with van der Waals surface area (Å²) in [6, 6.07) is 2.82. The predicted molar refractivity (Wildman–Crippen MR) is 123 cm³/mol. The van der Waals surface area contributed by atoms with Gasteiger partial charge in [-0.15, -0.1) is 11.3 Å². The Morgan fingerprint density at radius 1 is 1.22 bits per heavy atom. The van der Waals surface area contributed by atoms with E-state index in [1.165, 1.54) is 43.3 Å². The van der Waals surface area contributed by atoms with Gasteiger partial charge in [0.05, 0.1) is 23.2 Å². The fourth-order valence-corrected chi connectivity index (χ4v) is 5.10. The summed E-state index contributed by atoms with van der Waals surface area (Å²) in [6.45, 7) is 1.83. The molecule has 1 aromatic carbocycles. The number of nitrogens with one attached hydrogen (secondary N) is 1. The number of carbonyl (C=O) groups excluding carboxylic acids is 1. The van der Waals surface area contributed by atoms with E-state index in [9.17, 15) is 14.7 Å². The maximum Gasteiger partial charge on any atom is 0.348 e. The van der Waals surface area contributed by atoms with Crippen molar-refractivity contribution in [3.8, 4) is 5.75 Å². The zero-order valence-corrected chi connectivity index (χ0v) is 19.2. The van der Waals surface area contributed by atoms with Crippen molar-refractivity contribution in [2.45, 2.75) is 45.1 Å². The molecule has 8 nitrogen and oxygen atoms in total. The van der Waals surface area contributed by atoms with Gasteiger partial charge in [0.25, 0.3) is 0 Å². The highest BCUT2D eigenvalue weighted by atomic mass is 35.5. The van der Waals surface area contributed by atoms with E-state index < -0.39 is 5.97 Å². The van der Waals surface area contributed by atoms with Gasteiger partial charge in [0.15, 0.2) is 0 Å². The number of fused-ring (bicyclic) bond motifs is 1. The van der Waals surface area contributed by atoms with Crippen LogP contribution in [0.15, 0.2) is 18.5 Å². The third-order valence-electron chi connectivity index (χ3n) is 5.51. The first-order valence-electron chi connectivity index (χ1n) is 10.2. The molecule has 0 amide bonds. The van der Waals surface area contributed by atoms with Gasteiger partial charge < -0.3 is 19.9 Å². The molecule has 0 bridgehead atoms. The van der Waals surface area contributed by atoms with Crippen LogP contribution in [0.25, 0.3) is 10.2 Å². The van der Waals surface area contributed by atoms with Crippen LogP contribution in [-0.4, -0.2) is 40.2 Å². The van der Waals surface area contributed by atoms with Crippen molar-refractivity contribution in [3.63, 3.8) is 0 Å². The number of rotatable bonds is 6. The Labute approximate surface area is 193 Å². The fraction of sp³-hybridized carbons (Fsp3) is 0.364. The van der Waals surface area contributed by atoms with E-state index in [1.807, 2.05) is 6.92 Å². The van der Waals surface area contributed by atoms with Gasteiger partial charge >= 0.3 is 11.9 Å². The first kappa shape index (κ1) is 22.3. The van der Waals surface area contributed by atoms with E-state index >= 15 is 0 Å². The van der Waals surface area contributed by atoms with E-state index in [0.717, 1.165) is 31.2 Å². The standard InChI is InChI=1S/C22H22ClN3O5S/c1-11-17-19(26-15-9-16(30-2)13(21(27)28)8-14(15)23)24-10-25-20(17)32-18(11)22(29)31-12-6-4-3-5-7-12/h8-10,12H,3-7H2,1-2H3,(H,27,28)(H,24,25,26). The Morgan fingerprint density at radius 2 is 1.97 bits per heavy atom. The lowest BCUT2D eigenvalue weighted by Crippen LogP contribution is -2.20. The van der Waals surface area contributed by atoms with Crippen LogP contribution in [0.1, 0.15) is 57.7 Å². The van der Waals surface area contributed by atoms with Crippen molar-refractivity contribution < 1.29 is 24.2 Å². The van der Waals surface area contributed by atoms with E-state index in [0.29, 0.717) is 26.6 Å². The summed E-state index contributed by atoms with van der Waals surface area (Å²) < 4.78 is 10.9. The van der Waals surface area contributed by atoms with Gasteiger partial charge in [0, 0.05) is 6.07 Å². The second-order valence-electron chi connectivity index (χ2n) is 7.59. The largest absolute Gasteiger partial charge is 0.496 e. The summed E-state index contributed by atoms with van der Waals surface area (Å²) in [5, 5.41) is 13.3. The fourth-order valence-electron chi connectivity index (χ4n) is 3.86. The lowest BCUT2D eigenvalue weighted by atomic mass is 9.98. The van der Waals surface area contributed by atoms with Crippen LogP contribution in [0.2, 0.25) is 5.02 Å². The van der Waals surface area contributed by atoms with Crippen LogP contribution >= 0.6 is 22.9 Å². The molecule has 1 aliphatic rings. The van der Waals surface area contributed by atoms with E-state index in [1.54, 1.807) is 0 Å². The third kappa shape index (κ3) is 4.35. The molecule has 10 heteroatoms. The summed E-state index contributed by atoms with van der Waals surface area (Å²) >= 11 is 7.57. The number of ether oxygens (including phenoxy) is 2. The number of benzene rings is 1. The Kier molecular flexibility index (Phi) is 6.48. The van der Waals surface area contributed by atoms with Gasteiger partial charge in [-0.1, -0.05) is 18.0 Å². The van der Waals surface area contributed by atoms with Crippen LogP contribution in [0.5, 0.6) is 5.75 Å². The average molecular weight is 476 g/mol. The molecular weight excluding hydrogens is 454 g/mol. The Hall–Kier alpha value is -2.91. The molecule has 0 aliphatic heterocycles. The molecule has 1 aliphatic carbocycles. The second kappa shape index (κ2) is 9.30. The monoisotopic (exact) mass is 475 g/mol. The highest BCUT2D eigenvalue weighted by Gasteiger charge is 2.25. The molecule has 1 saturated carbocycles. The van der Waals surface area contributed by atoms with Crippen molar-refractivity contribution in [3.05, 3.63) is 39.5 Å². The quantitative estimate of drug-likeness (QED) is 0.443. The van der Waals surface area contributed by atoms with Crippen LogP contribution < -0.4 is 10.1 Å². The molecule has 0 spiro atoms. The number of aromatic nitrogens is 2. The zero-order chi connectivity index (χ0) is 22.8. The number of aryl methyl sites for hydroxylation is 1. The van der Waals surface area contributed by atoms with Crippen molar-refractivity contribution in [2.75, 3.05) is 12.4 Å². The molecular formula is C22H22ClN3O5S. The number of methoxy groups -OCH3 is 1. The van der Waals surface area contributed by atoms with Gasteiger partial charge in [0.1, 0.15) is 39.3 Å². The highest BCUT2D eigenvalue weighted by molar-refractivity contribution is 7.20. The predicted octanol–water partition coefficient (Wildman–Crippen LogP) is 5.59. The molecule has 2 N–H and O–H groups in total. The molecule has 3 aromatic rings. The van der Waals surface area contributed by atoms with Gasteiger partial charge in [-0.05, 0) is 44.2 Å². The van der Waals surface area contributed by atoms with Gasteiger partial charge in [-0.25, -0.2) is 19.6 Å². The number of hydrogen-bond acceptors (Lipinski definition) is 8. The number of hydrogen-bond donors (Lipinski definition) is 2. The number of halogens is 1. The molecule has 0 saturated heterocycles. The molecule has 1 fully saturated rings. The van der Waals surface area contributed by atoms with Crippen LogP contribution in [-0.2, 0) is 4.74 Å². The third-order valence-corrected chi connectivity index (χ3v) is 7.00. The summed E-state index contributed by atoms with van der Waals surface area (Å²) in [6.07, 6.45) is 6.49. The first-order chi connectivity index (χ1) is 15.4. The number of carboxylic acid groups (broad SMARTS) is 1. The topological polar surface area (TPSA) is 111 Å². The number of carbonyl (C=O) groups is 2. The maximum atomic E-state index is 12.8. The Bertz CT molecular complexity index is 1190.